The Bertz CT molecular complexity index is 151. The van der Waals surface area contributed by atoms with E-state index in [1.807, 2.05) is 47.7 Å². The fourth-order valence-electron chi connectivity index (χ4n) is 0.890. The van der Waals surface area contributed by atoms with Crippen LogP contribution < -0.4 is 0 Å². The van der Waals surface area contributed by atoms with Crippen molar-refractivity contribution in [3.05, 3.63) is 0 Å². The van der Waals surface area contributed by atoms with E-state index >= 15 is 0 Å². The molecule has 0 aromatic rings. The first-order valence-corrected chi connectivity index (χ1v) is 7.29. The largest absolute Gasteiger partial charge is 0.410 e. The van der Waals surface area contributed by atoms with Gasteiger partial charge >= 0.3 is 0 Å². The second kappa shape index (κ2) is 3.12. The molecule has 3 heteroatoms. The van der Waals surface area contributed by atoms with Crippen LogP contribution in [0.4, 0.5) is 0 Å². The van der Waals surface area contributed by atoms with Gasteiger partial charge in [0.05, 0.1) is 5.22 Å². The van der Waals surface area contributed by atoms with E-state index in [0.717, 1.165) is 0 Å². The third-order valence-corrected chi connectivity index (χ3v) is 6.10. The van der Waals surface area contributed by atoms with E-state index in [4.69, 9.17) is 4.43 Å². The highest BCUT2D eigenvalue weighted by Gasteiger charge is 2.42. The third-order valence-electron chi connectivity index (χ3n) is 2.03. The van der Waals surface area contributed by atoms with Gasteiger partial charge in [-0.25, -0.2) is 0 Å². The van der Waals surface area contributed by atoms with Gasteiger partial charge in [0, 0.05) is 5.60 Å². The smallest absolute Gasteiger partial charge is 0.217 e. The van der Waals surface area contributed by atoms with Gasteiger partial charge in [-0.1, -0.05) is 0 Å². The van der Waals surface area contributed by atoms with E-state index in [9.17, 15) is 5.11 Å². The Morgan fingerprint density at radius 3 is 1.42 bits per heavy atom. The molecule has 0 heterocycles. The van der Waals surface area contributed by atoms with Gasteiger partial charge in [0.25, 0.3) is 0 Å². The van der Waals surface area contributed by atoms with Crippen molar-refractivity contribution in [3.63, 3.8) is 0 Å². The summed E-state index contributed by atoms with van der Waals surface area (Å²) in [6.07, 6.45) is 0. The predicted octanol–water partition coefficient (Wildman–Crippen LogP) is 2.32. The van der Waals surface area contributed by atoms with Gasteiger partial charge < -0.3 is 9.53 Å². The maximum Gasteiger partial charge on any atom is 0.217 e. The highest BCUT2D eigenvalue weighted by molar-refractivity contribution is 6.74. The molecule has 0 aliphatic carbocycles. The van der Waals surface area contributed by atoms with Gasteiger partial charge in [-0.2, -0.15) is 0 Å². The first kappa shape index (κ1) is 12.1. The SMILES string of the molecule is CC(C)(C)O[Si](C)(C)C(C)(C)O. The Hall–Kier alpha value is 0.137. The molecule has 74 valence electrons. The minimum absolute atomic E-state index is 0.157. The fourth-order valence-corrected chi connectivity index (χ4v) is 2.67. The summed E-state index contributed by atoms with van der Waals surface area (Å²) in [6.45, 7) is 13.8. The van der Waals surface area contributed by atoms with Crippen LogP contribution in [0, 0.1) is 0 Å². The van der Waals surface area contributed by atoms with Crippen molar-refractivity contribution >= 4 is 8.32 Å². The van der Waals surface area contributed by atoms with E-state index in [-0.39, 0.29) is 5.60 Å². The molecule has 0 aliphatic rings. The van der Waals surface area contributed by atoms with Crippen LogP contribution in [-0.2, 0) is 4.43 Å². The van der Waals surface area contributed by atoms with Crippen LogP contribution in [-0.4, -0.2) is 24.2 Å². The van der Waals surface area contributed by atoms with E-state index in [2.05, 4.69) is 0 Å². The van der Waals surface area contributed by atoms with Crippen molar-refractivity contribution in [3.8, 4) is 0 Å². The molecular weight excluding hydrogens is 168 g/mol. The Balaban J connectivity index is 4.44. The van der Waals surface area contributed by atoms with E-state index in [0.29, 0.717) is 0 Å². The lowest BCUT2D eigenvalue weighted by atomic mass is 10.2. The molecule has 0 unspecified atom stereocenters. The molecule has 0 spiro atoms. The maximum atomic E-state index is 9.85. The number of rotatable bonds is 2. The molecule has 0 rings (SSSR count). The van der Waals surface area contributed by atoms with Gasteiger partial charge in [0.2, 0.25) is 8.32 Å². The Morgan fingerprint density at radius 2 is 1.33 bits per heavy atom. The average molecular weight is 190 g/mol. The number of aliphatic hydroxyl groups is 1. The topological polar surface area (TPSA) is 29.5 Å². The highest BCUT2D eigenvalue weighted by Crippen LogP contribution is 2.26. The molecule has 0 atom stereocenters. The van der Waals surface area contributed by atoms with Crippen LogP contribution in [0.2, 0.25) is 13.1 Å². The Kier molecular flexibility index (Phi) is 3.16. The molecule has 0 aliphatic heterocycles. The zero-order valence-corrected chi connectivity index (χ0v) is 10.4. The van der Waals surface area contributed by atoms with Gasteiger partial charge in [0.1, 0.15) is 0 Å². The van der Waals surface area contributed by atoms with Gasteiger partial charge in [-0.05, 0) is 47.7 Å². The number of hydrogen-bond donors (Lipinski definition) is 1. The molecule has 0 saturated carbocycles. The van der Waals surface area contributed by atoms with Crippen LogP contribution in [0.3, 0.4) is 0 Å². The standard InChI is InChI=1S/C9H22O2Si/c1-8(2,3)11-12(6,7)9(4,5)10/h10H,1-7H3. The lowest BCUT2D eigenvalue weighted by molar-refractivity contribution is 0.0638. The molecule has 0 aromatic carbocycles. The molecule has 2 nitrogen and oxygen atoms in total. The van der Waals surface area contributed by atoms with Gasteiger partial charge in [-0.3, -0.25) is 0 Å². The second-order valence-electron chi connectivity index (χ2n) is 5.28. The van der Waals surface area contributed by atoms with Crippen molar-refractivity contribution < 1.29 is 9.53 Å². The lowest BCUT2D eigenvalue weighted by Crippen LogP contribution is -2.55. The van der Waals surface area contributed by atoms with E-state index < -0.39 is 13.5 Å². The molecular formula is C9H22O2Si. The fraction of sp³-hybridized carbons (Fsp3) is 1.00. The summed E-state index contributed by atoms with van der Waals surface area (Å²) < 4.78 is 5.88. The van der Waals surface area contributed by atoms with Gasteiger partial charge in [-0.15, -0.1) is 0 Å². The van der Waals surface area contributed by atoms with Crippen molar-refractivity contribution in [2.45, 2.75) is 58.5 Å². The summed E-state index contributed by atoms with van der Waals surface area (Å²) in [7, 11) is -1.98. The van der Waals surface area contributed by atoms with Crippen LogP contribution in [0.5, 0.6) is 0 Å². The van der Waals surface area contributed by atoms with E-state index in [1.165, 1.54) is 0 Å². The first-order chi connectivity index (χ1) is 4.96. The molecule has 0 bridgehead atoms. The molecule has 0 fully saturated rings. The van der Waals surface area contributed by atoms with Gasteiger partial charge in [0.15, 0.2) is 0 Å². The molecule has 0 saturated heterocycles. The van der Waals surface area contributed by atoms with Crippen LogP contribution in [0.1, 0.15) is 34.6 Å². The molecule has 12 heavy (non-hydrogen) atoms. The minimum atomic E-state index is -1.98. The normalized spacial score (nSPS) is 15.0. The molecule has 0 aromatic heterocycles. The molecule has 0 amide bonds. The van der Waals surface area contributed by atoms with E-state index in [1.54, 1.807) is 0 Å². The van der Waals surface area contributed by atoms with Crippen molar-refractivity contribution in [2.24, 2.45) is 0 Å². The monoisotopic (exact) mass is 190 g/mol. The summed E-state index contributed by atoms with van der Waals surface area (Å²) in [6, 6.07) is 0. The van der Waals surface area contributed by atoms with Crippen LogP contribution >= 0.6 is 0 Å². The third kappa shape index (κ3) is 3.69. The summed E-state index contributed by atoms with van der Waals surface area (Å²) >= 11 is 0. The quantitative estimate of drug-likeness (QED) is 0.677. The second-order valence-corrected chi connectivity index (χ2v) is 9.73. The summed E-state index contributed by atoms with van der Waals surface area (Å²) in [5.41, 5.74) is -0.157. The molecule has 0 radical (unpaired) electrons. The summed E-state index contributed by atoms with van der Waals surface area (Å²) in [5.74, 6) is 0. The first-order valence-electron chi connectivity index (χ1n) is 4.38. The summed E-state index contributed by atoms with van der Waals surface area (Å²) in [5, 5.41) is 9.17. The van der Waals surface area contributed by atoms with Crippen molar-refractivity contribution in [2.75, 3.05) is 0 Å². The maximum absolute atomic E-state index is 9.85. The Morgan fingerprint density at radius 1 is 1.00 bits per heavy atom. The molecule has 1 N–H and O–H groups in total. The summed E-state index contributed by atoms with van der Waals surface area (Å²) in [4.78, 5) is 0. The zero-order valence-electron chi connectivity index (χ0n) is 9.36. The Labute approximate surface area is 77.1 Å². The zero-order chi connectivity index (χ0) is 10.2. The van der Waals surface area contributed by atoms with Crippen LogP contribution in [0.25, 0.3) is 0 Å². The predicted molar refractivity (Wildman–Crippen MR) is 54.6 cm³/mol. The van der Waals surface area contributed by atoms with Crippen molar-refractivity contribution in [1.29, 1.82) is 0 Å². The number of hydrogen-bond acceptors (Lipinski definition) is 2. The van der Waals surface area contributed by atoms with Crippen molar-refractivity contribution in [1.82, 2.24) is 0 Å². The van der Waals surface area contributed by atoms with Crippen LogP contribution in [0.15, 0.2) is 0 Å². The average Bonchev–Trinajstić information content (AvgIpc) is 1.52. The minimum Gasteiger partial charge on any atom is -0.410 e. The highest BCUT2D eigenvalue weighted by atomic mass is 28.4. The lowest BCUT2D eigenvalue weighted by Gasteiger charge is -2.40.